The first-order chi connectivity index (χ1) is 8.30. The first kappa shape index (κ1) is 12.3. The third-order valence-electron chi connectivity index (χ3n) is 3.80. The molecule has 0 aromatic heterocycles. The van der Waals surface area contributed by atoms with Crippen LogP contribution in [0.15, 0.2) is 24.3 Å². The van der Waals surface area contributed by atoms with Gasteiger partial charge in [0.2, 0.25) is 0 Å². The molecule has 0 bridgehead atoms. The topological polar surface area (TPSA) is 26.3 Å². The molecular weight excluding hydrogens is 212 g/mol. The van der Waals surface area contributed by atoms with Crippen LogP contribution in [0, 0.1) is 0 Å². The van der Waals surface area contributed by atoms with Crippen LogP contribution < -0.4 is 0 Å². The van der Waals surface area contributed by atoms with Gasteiger partial charge in [-0.25, -0.2) is 0 Å². The molecule has 0 spiro atoms. The summed E-state index contributed by atoms with van der Waals surface area (Å²) in [6.45, 7) is 3.62. The molecule has 2 heteroatoms. The van der Waals surface area contributed by atoms with Crippen molar-refractivity contribution in [1.29, 1.82) is 0 Å². The second-order valence-electron chi connectivity index (χ2n) is 4.86. The standard InChI is InChI=1S/C15H20O2/c1-2-17-12-15(9-3-4-10-15)14-7-5-13(11-16)6-8-14/h5-8,11H,2-4,9-10,12H2,1H3. The maximum atomic E-state index is 10.7. The summed E-state index contributed by atoms with van der Waals surface area (Å²) in [5.41, 5.74) is 2.27. The van der Waals surface area contributed by atoms with Gasteiger partial charge in [-0.15, -0.1) is 0 Å². The van der Waals surface area contributed by atoms with Gasteiger partial charge in [-0.3, -0.25) is 4.79 Å². The zero-order valence-corrected chi connectivity index (χ0v) is 10.4. The molecule has 1 aliphatic rings. The fraction of sp³-hybridized carbons (Fsp3) is 0.533. The molecule has 1 fully saturated rings. The van der Waals surface area contributed by atoms with Crippen LogP contribution in [0.2, 0.25) is 0 Å². The van der Waals surface area contributed by atoms with E-state index in [0.29, 0.717) is 0 Å². The Bertz CT molecular complexity index is 361. The first-order valence-electron chi connectivity index (χ1n) is 6.44. The predicted octanol–water partition coefficient (Wildman–Crippen LogP) is 3.35. The molecule has 0 aliphatic heterocycles. The Hall–Kier alpha value is -1.15. The van der Waals surface area contributed by atoms with E-state index < -0.39 is 0 Å². The molecule has 17 heavy (non-hydrogen) atoms. The molecular formula is C15H20O2. The minimum absolute atomic E-state index is 0.192. The number of aldehydes is 1. The highest BCUT2D eigenvalue weighted by Crippen LogP contribution is 2.41. The van der Waals surface area contributed by atoms with Gasteiger partial charge >= 0.3 is 0 Å². The zero-order chi connectivity index (χ0) is 12.1. The van der Waals surface area contributed by atoms with Crippen LogP contribution in [0.25, 0.3) is 0 Å². The van der Waals surface area contributed by atoms with E-state index >= 15 is 0 Å². The van der Waals surface area contributed by atoms with E-state index in [9.17, 15) is 4.79 Å². The van der Waals surface area contributed by atoms with Crippen molar-refractivity contribution in [3.8, 4) is 0 Å². The van der Waals surface area contributed by atoms with Crippen LogP contribution in [0.5, 0.6) is 0 Å². The maximum absolute atomic E-state index is 10.7. The normalized spacial score (nSPS) is 18.2. The van der Waals surface area contributed by atoms with Gasteiger partial charge in [0, 0.05) is 17.6 Å². The van der Waals surface area contributed by atoms with Gasteiger partial charge in [-0.05, 0) is 25.3 Å². The van der Waals surface area contributed by atoms with E-state index in [1.165, 1.54) is 31.2 Å². The van der Waals surface area contributed by atoms with Crippen LogP contribution in [0.3, 0.4) is 0 Å². The number of rotatable bonds is 5. The second-order valence-corrected chi connectivity index (χ2v) is 4.86. The smallest absolute Gasteiger partial charge is 0.150 e. The SMILES string of the molecule is CCOCC1(c2ccc(C=O)cc2)CCCC1. The summed E-state index contributed by atoms with van der Waals surface area (Å²) in [7, 11) is 0. The Balaban J connectivity index is 2.22. The molecule has 0 radical (unpaired) electrons. The molecule has 1 aliphatic carbocycles. The summed E-state index contributed by atoms with van der Waals surface area (Å²) in [5.74, 6) is 0. The Labute approximate surface area is 103 Å². The average molecular weight is 232 g/mol. The van der Waals surface area contributed by atoms with Crippen molar-refractivity contribution < 1.29 is 9.53 Å². The van der Waals surface area contributed by atoms with E-state index in [4.69, 9.17) is 4.74 Å². The summed E-state index contributed by atoms with van der Waals surface area (Å²) in [4.78, 5) is 10.7. The van der Waals surface area contributed by atoms with Gasteiger partial charge in [0.15, 0.2) is 0 Å². The summed E-state index contributed by atoms with van der Waals surface area (Å²) in [6.07, 6.45) is 5.86. The molecule has 0 unspecified atom stereocenters. The predicted molar refractivity (Wildman–Crippen MR) is 68.5 cm³/mol. The minimum atomic E-state index is 0.192. The Kier molecular flexibility index (Phi) is 3.95. The fourth-order valence-electron chi connectivity index (χ4n) is 2.78. The average Bonchev–Trinajstić information content (AvgIpc) is 2.86. The molecule has 0 heterocycles. The molecule has 0 atom stereocenters. The van der Waals surface area contributed by atoms with Gasteiger partial charge in [0.05, 0.1) is 6.61 Å². The second kappa shape index (κ2) is 5.46. The lowest BCUT2D eigenvalue weighted by atomic mass is 9.79. The van der Waals surface area contributed by atoms with Crippen molar-refractivity contribution in [3.63, 3.8) is 0 Å². The number of ether oxygens (including phenoxy) is 1. The number of carbonyl (C=O) groups excluding carboxylic acids is 1. The maximum Gasteiger partial charge on any atom is 0.150 e. The zero-order valence-electron chi connectivity index (χ0n) is 10.4. The van der Waals surface area contributed by atoms with Crippen LogP contribution in [-0.4, -0.2) is 19.5 Å². The molecule has 0 saturated heterocycles. The highest BCUT2D eigenvalue weighted by atomic mass is 16.5. The van der Waals surface area contributed by atoms with Crippen LogP contribution in [0.1, 0.15) is 48.5 Å². The van der Waals surface area contributed by atoms with Gasteiger partial charge in [-0.1, -0.05) is 37.1 Å². The molecule has 2 nitrogen and oxygen atoms in total. The molecule has 2 rings (SSSR count). The highest BCUT2D eigenvalue weighted by Gasteiger charge is 2.35. The fourth-order valence-corrected chi connectivity index (χ4v) is 2.78. The largest absolute Gasteiger partial charge is 0.381 e. The van der Waals surface area contributed by atoms with Gasteiger partial charge in [0.25, 0.3) is 0 Å². The van der Waals surface area contributed by atoms with Gasteiger partial charge in [-0.2, -0.15) is 0 Å². The lowest BCUT2D eigenvalue weighted by Crippen LogP contribution is -2.28. The monoisotopic (exact) mass is 232 g/mol. The first-order valence-corrected chi connectivity index (χ1v) is 6.44. The third-order valence-corrected chi connectivity index (χ3v) is 3.80. The van der Waals surface area contributed by atoms with Crippen molar-refractivity contribution >= 4 is 6.29 Å². The van der Waals surface area contributed by atoms with Crippen LogP contribution in [0.4, 0.5) is 0 Å². The molecule has 92 valence electrons. The Morgan fingerprint density at radius 3 is 2.41 bits per heavy atom. The number of carbonyl (C=O) groups is 1. The Morgan fingerprint density at radius 2 is 1.88 bits per heavy atom. The Morgan fingerprint density at radius 1 is 1.24 bits per heavy atom. The lowest BCUT2D eigenvalue weighted by molar-refractivity contribution is 0.0935. The lowest BCUT2D eigenvalue weighted by Gasteiger charge is -2.29. The number of hydrogen-bond donors (Lipinski definition) is 0. The van der Waals surface area contributed by atoms with E-state index in [1.807, 2.05) is 19.1 Å². The number of benzene rings is 1. The molecule has 1 aromatic carbocycles. The summed E-state index contributed by atoms with van der Waals surface area (Å²) in [6, 6.07) is 8.00. The van der Waals surface area contributed by atoms with Crippen molar-refractivity contribution in [2.45, 2.75) is 38.0 Å². The molecule has 1 aromatic rings. The van der Waals surface area contributed by atoms with E-state index in [1.54, 1.807) is 0 Å². The summed E-state index contributed by atoms with van der Waals surface area (Å²) < 4.78 is 5.66. The van der Waals surface area contributed by atoms with Crippen LogP contribution >= 0.6 is 0 Å². The molecule has 0 amide bonds. The summed E-state index contributed by atoms with van der Waals surface area (Å²) >= 11 is 0. The summed E-state index contributed by atoms with van der Waals surface area (Å²) in [5, 5.41) is 0. The number of hydrogen-bond acceptors (Lipinski definition) is 2. The van der Waals surface area contributed by atoms with Crippen molar-refractivity contribution in [2.75, 3.05) is 13.2 Å². The van der Waals surface area contributed by atoms with Crippen molar-refractivity contribution in [3.05, 3.63) is 35.4 Å². The van der Waals surface area contributed by atoms with Crippen LogP contribution in [-0.2, 0) is 10.2 Å². The van der Waals surface area contributed by atoms with Gasteiger partial charge in [0.1, 0.15) is 6.29 Å². The van der Waals surface area contributed by atoms with Crippen molar-refractivity contribution in [2.24, 2.45) is 0 Å². The van der Waals surface area contributed by atoms with E-state index in [2.05, 4.69) is 12.1 Å². The minimum Gasteiger partial charge on any atom is -0.381 e. The van der Waals surface area contributed by atoms with E-state index in [-0.39, 0.29) is 5.41 Å². The third kappa shape index (κ3) is 2.58. The van der Waals surface area contributed by atoms with Crippen molar-refractivity contribution in [1.82, 2.24) is 0 Å². The molecule has 1 saturated carbocycles. The van der Waals surface area contributed by atoms with Gasteiger partial charge < -0.3 is 4.74 Å². The molecule has 0 N–H and O–H groups in total. The van der Waals surface area contributed by atoms with E-state index in [0.717, 1.165) is 25.1 Å². The quantitative estimate of drug-likeness (QED) is 0.728. The highest BCUT2D eigenvalue weighted by molar-refractivity contribution is 5.74.